The molecule has 0 saturated heterocycles. The Labute approximate surface area is 50.8 Å². The predicted molar refractivity (Wildman–Crippen MR) is 32.4 cm³/mol. The molecule has 1 aliphatic rings. The summed E-state index contributed by atoms with van der Waals surface area (Å²) in [4.78, 5) is 13.8. The molecule has 0 aromatic heterocycles. The van der Waals surface area contributed by atoms with Gasteiger partial charge in [0.1, 0.15) is 0 Å². The number of carbonyl (C=O) groups excluding carboxylic acids is 1. The summed E-state index contributed by atoms with van der Waals surface area (Å²) < 4.78 is 0. The first-order valence-electron chi connectivity index (χ1n) is 1.89. The first kappa shape index (κ1) is 5.17. The van der Waals surface area contributed by atoms with Crippen molar-refractivity contribution < 1.29 is 4.79 Å². The Kier molecular flexibility index (Phi) is 0.980. The molecule has 0 aromatic carbocycles. The number of carbonyl (C=O) groups is 1. The number of thiocarbonyl (C=S) groups is 1. The van der Waals surface area contributed by atoms with Gasteiger partial charge in [-0.05, 0) is 12.2 Å². The second kappa shape index (κ2) is 1.52. The average Bonchev–Trinajstić information content (AvgIpc) is 1.85. The van der Waals surface area contributed by atoms with Crippen molar-refractivity contribution in [2.45, 2.75) is 0 Å². The van der Waals surface area contributed by atoms with Crippen LogP contribution in [0.2, 0.25) is 0 Å². The Bertz CT molecular complexity index is 185. The normalized spacial score (nSPS) is 18.2. The Balaban J connectivity index is 2.88. The van der Waals surface area contributed by atoms with Crippen molar-refractivity contribution >= 4 is 29.1 Å². The molecule has 0 saturated carbocycles. The highest BCUT2D eigenvalue weighted by atomic mass is 32.1. The van der Waals surface area contributed by atoms with Gasteiger partial charge in [0.2, 0.25) is 5.11 Å². The zero-order valence-electron chi connectivity index (χ0n) is 3.84. The number of hydrogen-bond acceptors (Lipinski definition) is 3. The molecule has 0 atom stereocenters. The zero-order chi connectivity index (χ0) is 6.15. The van der Waals surface area contributed by atoms with E-state index in [0.717, 1.165) is 0 Å². The molecule has 1 amide bonds. The smallest absolute Gasteiger partial charge is 0.292 e. The third kappa shape index (κ3) is 0.671. The van der Waals surface area contributed by atoms with Crippen molar-refractivity contribution in [3.05, 3.63) is 0 Å². The number of nitrogens with two attached hydrogens (primary N) is 1. The molecular formula is C3H3N3OS. The van der Waals surface area contributed by atoms with E-state index < -0.39 is 5.91 Å². The quantitative estimate of drug-likeness (QED) is 0.402. The number of aliphatic imine (C=N–C) groups is 1. The van der Waals surface area contributed by atoms with Crippen LogP contribution in [-0.2, 0) is 4.79 Å². The van der Waals surface area contributed by atoms with Gasteiger partial charge in [-0.25, -0.2) is 0 Å². The molecule has 4 nitrogen and oxygen atoms in total. The van der Waals surface area contributed by atoms with Gasteiger partial charge >= 0.3 is 0 Å². The summed E-state index contributed by atoms with van der Waals surface area (Å²) in [6.45, 7) is 0. The third-order valence-corrected chi connectivity index (χ3v) is 0.868. The summed E-state index contributed by atoms with van der Waals surface area (Å²) in [7, 11) is 0. The summed E-state index contributed by atoms with van der Waals surface area (Å²) in [6.07, 6.45) is 0. The second-order valence-corrected chi connectivity index (χ2v) is 1.64. The van der Waals surface area contributed by atoms with Gasteiger partial charge in [-0.2, -0.15) is 4.99 Å². The molecule has 1 aliphatic heterocycles. The lowest BCUT2D eigenvalue weighted by atomic mass is 10.6. The van der Waals surface area contributed by atoms with E-state index in [4.69, 9.17) is 5.73 Å². The van der Waals surface area contributed by atoms with Gasteiger partial charge in [0.25, 0.3) is 5.91 Å². The number of nitrogens with zero attached hydrogens (tertiary/aromatic N) is 1. The van der Waals surface area contributed by atoms with Crippen LogP contribution in [0, 0.1) is 0 Å². The zero-order valence-corrected chi connectivity index (χ0v) is 4.66. The van der Waals surface area contributed by atoms with Crippen LogP contribution in [0.5, 0.6) is 0 Å². The van der Waals surface area contributed by atoms with Gasteiger partial charge in [-0.15, -0.1) is 0 Å². The molecule has 3 N–H and O–H groups in total. The van der Waals surface area contributed by atoms with Gasteiger partial charge < -0.3 is 5.73 Å². The van der Waals surface area contributed by atoms with E-state index in [-0.39, 0.29) is 10.9 Å². The molecule has 0 bridgehead atoms. The van der Waals surface area contributed by atoms with Crippen LogP contribution in [-0.4, -0.2) is 16.9 Å². The summed E-state index contributed by atoms with van der Waals surface area (Å²) in [5, 5.41) is 2.38. The Hall–Kier alpha value is -0.970. The van der Waals surface area contributed by atoms with E-state index in [2.05, 4.69) is 22.5 Å². The molecule has 8 heavy (non-hydrogen) atoms. The van der Waals surface area contributed by atoms with E-state index in [1.165, 1.54) is 0 Å². The van der Waals surface area contributed by atoms with Gasteiger partial charge in [-0.3, -0.25) is 10.1 Å². The highest BCUT2D eigenvalue weighted by molar-refractivity contribution is 7.80. The molecule has 0 aliphatic carbocycles. The SMILES string of the molecule is NC1=NC(=S)NC1=O. The van der Waals surface area contributed by atoms with Crippen molar-refractivity contribution in [1.29, 1.82) is 0 Å². The van der Waals surface area contributed by atoms with Crippen LogP contribution < -0.4 is 11.1 Å². The fourth-order valence-corrected chi connectivity index (χ4v) is 0.540. The largest absolute Gasteiger partial charge is 0.379 e. The molecule has 0 radical (unpaired) electrons. The molecule has 1 rings (SSSR count). The second-order valence-electron chi connectivity index (χ2n) is 1.26. The Morgan fingerprint density at radius 3 is 2.50 bits per heavy atom. The standard InChI is InChI=1S/C3H3N3OS/c4-1-2(7)6-3(8)5-1/h(H3,4,5,6,7,8). The molecule has 0 unspecified atom stereocenters. The van der Waals surface area contributed by atoms with Crippen LogP contribution in [0.3, 0.4) is 0 Å². The van der Waals surface area contributed by atoms with Gasteiger partial charge in [0.15, 0.2) is 5.84 Å². The third-order valence-electron chi connectivity index (χ3n) is 0.675. The van der Waals surface area contributed by atoms with Crippen LogP contribution in [0.25, 0.3) is 0 Å². The number of nitrogens with one attached hydrogen (secondary N) is 1. The maximum absolute atomic E-state index is 10.3. The molecule has 42 valence electrons. The monoisotopic (exact) mass is 129 g/mol. The maximum atomic E-state index is 10.3. The molecule has 0 aromatic rings. The van der Waals surface area contributed by atoms with Crippen LogP contribution in [0.4, 0.5) is 0 Å². The van der Waals surface area contributed by atoms with Crippen molar-refractivity contribution in [3.63, 3.8) is 0 Å². The lowest BCUT2D eigenvalue weighted by Crippen LogP contribution is -2.29. The molecule has 1 heterocycles. The Morgan fingerprint density at radius 1 is 1.75 bits per heavy atom. The van der Waals surface area contributed by atoms with Crippen LogP contribution in [0.15, 0.2) is 4.99 Å². The molecule has 5 heteroatoms. The molecular weight excluding hydrogens is 126 g/mol. The van der Waals surface area contributed by atoms with Crippen molar-refractivity contribution in [3.8, 4) is 0 Å². The van der Waals surface area contributed by atoms with Crippen LogP contribution >= 0.6 is 12.2 Å². The number of rotatable bonds is 0. The van der Waals surface area contributed by atoms with E-state index in [1.807, 2.05) is 0 Å². The minimum Gasteiger partial charge on any atom is -0.379 e. The summed E-state index contributed by atoms with van der Waals surface area (Å²) in [5.74, 6) is -0.468. The highest BCUT2D eigenvalue weighted by Gasteiger charge is 2.15. The van der Waals surface area contributed by atoms with Crippen molar-refractivity contribution in [2.24, 2.45) is 10.7 Å². The first-order valence-corrected chi connectivity index (χ1v) is 2.30. The fraction of sp³-hybridized carbons (Fsp3) is 0. The maximum Gasteiger partial charge on any atom is 0.292 e. The number of amides is 1. The van der Waals surface area contributed by atoms with E-state index >= 15 is 0 Å². The highest BCUT2D eigenvalue weighted by Crippen LogP contribution is 1.85. The van der Waals surface area contributed by atoms with Crippen molar-refractivity contribution in [1.82, 2.24) is 5.32 Å². The minimum absolute atomic E-state index is 0.0602. The van der Waals surface area contributed by atoms with E-state index in [9.17, 15) is 4.79 Å². The summed E-state index contributed by atoms with van der Waals surface area (Å²) in [5.41, 5.74) is 5.02. The number of hydrogen-bond donors (Lipinski definition) is 2. The number of amidine groups is 1. The topological polar surface area (TPSA) is 67.5 Å². The molecule has 0 fully saturated rings. The average molecular weight is 129 g/mol. The summed E-state index contributed by atoms with van der Waals surface area (Å²) >= 11 is 4.47. The summed E-state index contributed by atoms with van der Waals surface area (Å²) in [6, 6.07) is 0. The van der Waals surface area contributed by atoms with Crippen LogP contribution in [0.1, 0.15) is 0 Å². The van der Waals surface area contributed by atoms with Crippen molar-refractivity contribution in [2.75, 3.05) is 0 Å². The van der Waals surface area contributed by atoms with E-state index in [0.29, 0.717) is 0 Å². The Morgan fingerprint density at radius 2 is 2.38 bits per heavy atom. The fourth-order valence-electron chi connectivity index (χ4n) is 0.349. The predicted octanol–water partition coefficient (Wildman–Crippen LogP) is -1.24. The van der Waals surface area contributed by atoms with Gasteiger partial charge in [0.05, 0.1) is 0 Å². The van der Waals surface area contributed by atoms with Gasteiger partial charge in [0, 0.05) is 0 Å². The lowest BCUT2D eigenvalue weighted by molar-refractivity contribution is -0.113. The molecule has 0 spiro atoms. The lowest BCUT2D eigenvalue weighted by Gasteiger charge is -1.83. The van der Waals surface area contributed by atoms with E-state index in [1.54, 1.807) is 0 Å². The first-order chi connectivity index (χ1) is 3.70. The van der Waals surface area contributed by atoms with Gasteiger partial charge in [-0.1, -0.05) is 0 Å². The minimum atomic E-state index is -0.407.